The Morgan fingerprint density at radius 3 is 2.62 bits per heavy atom. The van der Waals surface area contributed by atoms with Crippen LogP contribution in [-0.2, 0) is 19.5 Å². The zero-order chi connectivity index (χ0) is 25.3. The van der Waals surface area contributed by atoms with Crippen LogP contribution in [0.1, 0.15) is 60.7 Å². The van der Waals surface area contributed by atoms with Crippen LogP contribution in [0.5, 0.6) is 0 Å². The van der Waals surface area contributed by atoms with Crippen LogP contribution in [-0.4, -0.2) is 45.2 Å². The van der Waals surface area contributed by atoms with E-state index in [1.165, 1.54) is 10.4 Å². The Morgan fingerprint density at radius 1 is 1.24 bits per heavy atom. The first kappa shape index (κ1) is 27.5. The second-order valence-electron chi connectivity index (χ2n) is 7.44. The highest BCUT2D eigenvalue weighted by Crippen LogP contribution is 2.34. The molecule has 0 fully saturated rings. The molecule has 7 nitrogen and oxygen atoms in total. The minimum Gasteiger partial charge on any atom is -0.349 e. The summed E-state index contributed by atoms with van der Waals surface area (Å²) in [7, 11) is 1.70. The molecule has 3 aromatic heterocycles. The summed E-state index contributed by atoms with van der Waals surface area (Å²) in [5, 5.41) is 12.6. The zero-order valence-electron chi connectivity index (χ0n) is 21.2. The molecule has 0 spiro atoms. The van der Waals surface area contributed by atoms with Gasteiger partial charge in [-0.3, -0.25) is 14.5 Å². The van der Waals surface area contributed by atoms with Gasteiger partial charge in [0.05, 0.1) is 28.3 Å². The molecule has 3 rings (SSSR count). The van der Waals surface area contributed by atoms with Gasteiger partial charge in [-0.05, 0) is 61.9 Å². The van der Waals surface area contributed by atoms with Crippen molar-refractivity contribution in [3.63, 3.8) is 0 Å². The van der Waals surface area contributed by atoms with E-state index in [0.29, 0.717) is 30.3 Å². The Bertz CT molecular complexity index is 1140. The highest BCUT2D eigenvalue weighted by molar-refractivity contribution is 7.80. The number of thiophene rings is 1. The van der Waals surface area contributed by atoms with E-state index in [1.54, 1.807) is 29.4 Å². The average molecular weight is 501 g/mol. The summed E-state index contributed by atoms with van der Waals surface area (Å²) < 4.78 is 3.92. The van der Waals surface area contributed by atoms with Crippen LogP contribution >= 0.6 is 23.6 Å². The summed E-state index contributed by atoms with van der Waals surface area (Å²) in [6.45, 7) is 13.9. The topological polar surface area (TPSA) is 76.2 Å². The number of nitrogens with one attached hydrogen (secondary N) is 2. The number of hydrogen-bond acceptors (Lipinski definition) is 5. The fourth-order valence-corrected chi connectivity index (χ4v) is 5.10. The number of nitrogens with zero attached hydrogens (tertiary/aromatic N) is 4. The molecular formula is C25H36N6OS2. The van der Waals surface area contributed by atoms with Gasteiger partial charge in [0, 0.05) is 26.7 Å². The van der Waals surface area contributed by atoms with Crippen LogP contribution in [0, 0.1) is 13.8 Å². The van der Waals surface area contributed by atoms with E-state index < -0.39 is 0 Å². The lowest BCUT2D eigenvalue weighted by Crippen LogP contribution is -2.31. The third kappa shape index (κ3) is 6.21. The minimum atomic E-state index is -0.122. The van der Waals surface area contributed by atoms with Crippen molar-refractivity contribution >= 4 is 40.8 Å². The standard InChI is InChI=1S/C23H30N6OS2.C2H6/c1-6-17-8-11-32-21(17)20-15(3)12-19(23(31)26-14-24-5)28(20)10-9-25-22(30)18-13-16(4)27-29(18)7-2;1-2/h8,11-14H,6-7,9-10H2,1-5H3,(H,25,30)(H,24,26,31);1-2H3. The summed E-state index contributed by atoms with van der Waals surface area (Å²) >= 11 is 7.37. The van der Waals surface area contributed by atoms with Gasteiger partial charge in [0.25, 0.3) is 5.91 Å². The summed E-state index contributed by atoms with van der Waals surface area (Å²) in [5.74, 6) is -0.122. The van der Waals surface area contributed by atoms with Crippen molar-refractivity contribution in [1.29, 1.82) is 0 Å². The lowest BCUT2D eigenvalue weighted by atomic mass is 10.1. The average Bonchev–Trinajstić information content (AvgIpc) is 3.54. The van der Waals surface area contributed by atoms with Crippen molar-refractivity contribution < 1.29 is 4.79 Å². The predicted molar refractivity (Wildman–Crippen MR) is 147 cm³/mol. The summed E-state index contributed by atoms with van der Waals surface area (Å²) in [6, 6.07) is 6.09. The maximum atomic E-state index is 12.8. The number of carbonyl (C=O) groups is 1. The van der Waals surface area contributed by atoms with Crippen molar-refractivity contribution in [1.82, 2.24) is 25.0 Å². The van der Waals surface area contributed by atoms with Gasteiger partial charge >= 0.3 is 0 Å². The van der Waals surface area contributed by atoms with Crippen molar-refractivity contribution in [2.75, 3.05) is 13.6 Å². The molecule has 0 saturated carbocycles. The maximum Gasteiger partial charge on any atom is 0.269 e. The molecule has 0 aliphatic carbocycles. The number of rotatable bonds is 9. The second kappa shape index (κ2) is 13.2. The fourth-order valence-electron chi connectivity index (χ4n) is 3.77. The summed E-state index contributed by atoms with van der Waals surface area (Å²) in [4.78, 5) is 18.6. The Morgan fingerprint density at radius 2 is 1.97 bits per heavy atom. The van der Waals surface area contributed by atoms with E-state index in [-0.39, 0.29) is 5.91 Å². The molecule has 0 atom stereocenters. The van der Waals surface area contributed by atoms with Crippen molar-refractivity contribution in [3.8, 4) is 10.6 Å². The smallest absolute Gasteiger partial charge is 0.269 e. The molecule has 0 unspecified atom stereocenters. The third-order valence-corrected chi connectivity index (χ3v) is 6.53. The first-order valence-corrected chi connectivity index (χ1v) is 13.0. The molecule has 3 heterocycles. The Labute approximate surface area is 212 Å². The largest absolute Gasteiger partial charge is 0.349 e. The number of hydrogen-bond donors (Lipinski definition) is 2. The van der Waals surface area contributed by atoms with Crippen molar-refractivity contribution in [2.45, 2.75) is 61.1 Å². The molecule has 0 saturated heterocycles. The second-order valence-corrected chi connectivity index (χ2v) is 8.77. The van der Waals surface area contributed by atoms with Gasteiger partial charge in [0.15, 0.2) is 0 Å². The lowest BCUT2D eigenvalue weighted by Gasteiger charge is -2.16. The number of aryl methyl sites for hydroxylation is 4. The molecular weight excluding hydrogens is 464 g/mol. The molecule has 0 aromatic carbocycles. The first-order chi connectivity index (χ1) is 16.4. The van der Waals surface area contributed by atoms with Crippen LogP contribution in [0.2, 0.25) is 0 Å². The quantitative estimate of drug-likeness (QED) is 0.246. The van der Waals surface area contributed by atoms with E-state index >= 15 is 0 Å². The van der Waals surface area contributed by atoms with E-state index in [1.807, 2.05) is 33.8 Å². The number of aromatic nitrogens is 3. The number of amides is 1. The molecule has 2 N–H and O–H groups in total. The highest BCUT2D eigenvalue weighted by atomic mass is 32.1. The van der Waals surface area contributed by atoms with Crippen LogP contribution in [0.15, 0.2) is 28.6 Å². The third-order valence-electron chi connectivity index (χ3n) is 5.24. The molecule has 1 amide bonds. The van der Waals surface area contributed by atoms with Gasteiger partial charge in [-0.25, -0.2) is 0 Å². The summed E-state index contributed by atoms with van der Waals surface area (Å²) in [6.07, 6.45) is 2.55. The van der Waals surface area contributed by atoms with Crippen molar-refractivity contribution in [2.24, 2.45) is 4.99 Å². The Hall–Kier alpha value is -2.78. The van der Waals surface area contributed by atoms with Gasteiger partial charge in [0.1, 0.15) is 10.7 Å². The van der Waals surface area contributed by atoms with Crippen LogP contribution in [0.25, 0.3) is 10.6 Å². The van der Waals surface area contributed by atoms with Gasteiger partial charge in [-0.1, -0.05) is 33.0 Å². The SMILES string of the molecule is CC.CCc1ccsc1-c1c(C)cc(C(=S)NC=NC)n1CCNC(=O)c1cc(C)nn1CC. The molecule has 0 bridgehead atoms. The molecule has 3 aromatic rings. The normalized spacial score (nSPS) is 10.8. The van der Waals surface area contributed by atoms with E-state index in [2.05, 4.69) is 56.7 Å². The molecule has 0 aliphatic heterocycles. The van der Waals surface area contributed by atoms with Crippen molar-refractivity contribution in [3.05, 3.63) is 51.8 Å². The number of carbonyl (C=O) groups excluding carboxylic acids is 1. The fraction of sp³-hybridized carbons (Fsp3) is 0.440. The van der Waals surface area contributed by atoms with Crippen LogP contribution in [0.3, 0.4) is 0 Å². The van der Waals surface area contributed by atoms with Crippen LogP contribution < -0.4 is 10.6 Å². The number of thiocarbonyl (C=S) groups is 1. The highest BCUT2D eigenvalue weighted by Gasteiger charge is 2.20. The predicted octanol–water partition coefficient (Wildman–Crippen LogP) is 4.99. The number of aliphatic imine (C=N–C) groups is 1. The van der Waals surface area contributed by atoms with Gasteiger partial charge < -0.3 is 15.2 Å². The molecule has 0 radical (unpaired) electrons. The van der Waals surface area contributed by atoms with Gasteiger partial charge in [0.2, 0.25) is 0 Å². The monoisotopic (exact) mass is 500 g/mol. The van der Waals surface area contributed by atoms with Crippen LogP contribution in [0.4, 0.5) is 0 Å². The molecule has 0 aliphatic rings. The first-order valence-electron chi connectivity index (χ1n) is 11.7. The minimum absolute atomic E-state index is 0.122. The Kier molecular flexibility index (Phi) is 10.7. The Balaban J connectivity index is 0.00000199. The molecule has 184 valence electrons. The molecule has 34 heavy (non-hydrogen) atoms. The maximum absolute atomic E-state index is 12.8. The van der Waals surface area contributed by atoms with E-state index in [4.69, 9.17) is 12.2 Å². The van der Waals surface area contributed by atoms with Gasteiger partial charge in [-0.15, -0.1) is 11.3 Å². The summed E-state index contributed by atoms with van der Waals surface area (Å²) in [5.41, 5.74) is 5.93. The lowest BCUT2D eigenvalue weighted by molar-refractivity contribution is 0.0941. The van der Waals surface area contributed by atoms with Gasteiger partial charge in [-0.2, -0.15) is 5.10 Å². The van der Waals surface area contributed by atoms with E-state index in [9.17, 15) is 4.79 Å². The molecule has 9 heteroatoms. The van der Waals surface area contributed by atoms with E-state index in [0.717, 1.165) is 29.1 Å². The zero-order valence-corrected chi connectivity index (χ0v) is 22.9.